The number of thiophene rings is 1. The van der Waals surface area contributed by atoms with Crippen LogP contribution in [-0.4, -0.2) is 52.6 Å². The Bertz CT molecular complexity index is 1530. The van der Waals surface area contributed by atoms with Gasteiger partial charge in [-0.25, -0.2) is 4.39 Å². The summed E-state index contributed by atoms with van der Waals surface area (Å²) in [6, 6.07) is 4.83. The Hall–Kier alpha value is -3.70. The van der Waals surface area contributed by atoms with Crippen molar-refractivity contribution in [2.75, 3.05) is 25.4 Å². The van der Waals surface area contributed by atoms with Crippen molar-refractivity contribution in [3.63, 3.8) is 0 Å². The zero-order valence-electron chi connectivity index (χ0n) is 20.7. The molecule has 38 heavy (non-hydrogen) atoms. The van der Waals surface area contributed by atoms with Crippen molar-refractivity contribution >= 4 is 17.2 Å². The van der Waals surface area contributed by atoms with Gasteiger partial charge in [-0.2, -0.15) is 4.39 Å². The number of carbonyl (C=O) groups is 1. The van der Waals surface area contributed by atoms with Gasteiger partial charge in [-0.3, -0.25) is 19.3 Å². The third-order valence-corrected chi connectivity index (χ3v) is 8.58. The third-order valence-electron chi connectivity index (χ3n) is 7.72. The number of rotatable bonds is 2. The molecule has 1 spiro atoms. The lowest BCUT2D eigenvalue weighted by Gasteiger charge is -2.56. The maximum Gasteiger partial charge on any atom is 0.278 e. The van der Waals surface area contributed by atoms with E-state index in [2.05, 4.69) is 0 Å². The molecule has 1 aromatic carbocycles. The number of aryl methyl sites for hydroxylation is 1. The van der Waals surface area contributed by atoms with Gasteiger partial charge in [0, 0.05) is 42.7 Å². The van der Waals surface area contributed by atoms with Crippen LogP contribution in [-0.2, 0) is 4.74 Å². The first-order valence-electron chi connectivity index (χ1n) is 12.1. The minimum Gasteiger partial charge on any atom is -0.502 e. The first kappa shape index (κ1) is 24.6. The molecule has 2 aliphatic heterocycles. The maximum atomic E-state index is 15.3. The van der Waals surface area contributed by atoms with Gasteiger partial charge in [-0.05, 0) is 42.1 Å². The molecule has 11 heteroatoms. The van der Waals surface area contributed by atoms with Crippen LogP contribution in [0.1, 0.15) is 45.4 Å². The number of methoxy groups -OCH3 is 1. The van der Waals surface area contributed by atoms with E-state index in [0.717, 1.165) is 16.5 Å². The van der Waals surface area contributed by atoms with E-state index in [1.165, 1.54) is 34.3 Å². The van der Waals surface area contributed by atoms with Gasteiger partial charge in [-0.15, -0.1) is 11.3 Å². The normalized spacial score (nSPS) is 25.2. The Kier molecular flexibility index (Phi) is 5.80. The van der Waals surface area contributed by atoms with Crippen molar-refractivity contribution in [1.82, 2.24) is 9.58 Å². The molecular weight excluding hydrogens is 516 g/mol. The van der Waals surface area contributed by atoms with Crippen LogP contribution in [0.2, 0.25) is 0 Å². The first-order valence-corrected chi connectivity index (χ1v) is 13.0. The van der Waals surface area contributed by atoms with E-state index in [0.29, 0.717) is 18.4 Å². The van der Waals surface area contributed by atoms with Crippen LogP contribution >= 0.6 is 11.3 Å². The Morgan fingerprint density at radius 3 is 2.66 bits per heavy atom. The van der Waals surface area contributed by atoms with Gasteiger partial charge < -0.3 is 19.5 Å². The number of aromatic nitrogens is 1. The Morgan fingerprint density at radius 2 is 1.95 bits per heavy atom. The number of hydrogen-bond acceptors (Lipinski definition) is 7. The van der Waals surface area contributed by atoms with Crippen molar-refractivity contribution < 1.29 is 28.2 Å². The molecule has 0 saturated heterocycles. The van der Waals surface area contributed by atoms with Gasteiger partial charge in [0.1, 0.15) is 19.3 Å². The molecule has 6 rings (SSSR count). The van der Waals surface area contributed by atoms with Crippen LogP contribution in [0.5, 0.6) is 11.5 Å². The summed E-state index contributed by atoms with van der Waals surface area (Å²) in [4.78, 5) is 28.9. The predicted molar refractivity (Wildman–Crippen MR) is 136 cm³/mol. The number of halogens is 2. The Balaban J connectivity index is 1.65. The average molecular weight is 542 g/mol. The summed E-state index contributed by atoms with van der Waals surface area (Å²) in [5, 5.41) is 14.5. The highest BCUT2D eigenvalue weighted by Gasteiger charge is 2.53. The van der Waals surface area contributed by atoms with E-state index in [-0.39, 0.29) is 30.8 Å². The molecule has 1 fully saturated rings. The Morgan fingerprint density at radius 1 is 1.16 bits per heavy atom. The lowest BCUT2D eigenvalue weighted by atomic mass is 9.72. The van der Waals surface area contributed by atoms with E-state index in [1.54, 1.807) is 23.1 Å². The summed E-state index contributed by atoms with van der Waals surface area (Å²) in [6.07, 6.45) is 5.78. The summed E-state index contributed by atoms with van der Waals surface area (Å²) in [7, 11) is 1.60. The quantitative estimate of drug-likeness (QED) is 0.497. The molecule has 0 radical (unpaired) electrons. The van der Waals surface area contributed by atoms with E-state index in [4.69, 9.17) is 9.47 Å². The number of fused-ring (bicyclic) bond motifs is 6. The van der Waals surface area contributed by atoms with Crippen LogP contribution in [0.15, 0.2) is 52.8 Å². The fourth-order valence-electron chi connectivity index (χ4n) is 5.70. The molecule has 2 aromatic heterocycles. The molecule has 1 amide bonds. The molecule has 1 N–H and O–H groups in total. The number of ether oxygens (including phenoxy) is 2. The van der Waals surface area contributed by atoms with Gasteiger partial charge in [0.2, 0.25) is 11.2 Å². The highest BCUT2D eigenvalue weighted by atomic mass is 32.1. The zero-order chi connectivity index (χ0) is 26.8. The summed E-state index contributed by atoms with van der Waals surface area (Å²) < 4.78 is 42.5. The number of carbonyl (C=O) groups excluding carboxylic acids is 1. The monoisotopic (exact) mass is 541 g/mol. The van der Waals surface area contributed by atoms with Crippen molar-refractivity contribution in [1.29, 1.82) is 0 Å². The number of amides is 1. The lowest BCUT2D eigenvalue weighted by molar-refractivity contribution is -0.0602. The smallest absolute Gasteiger partial charge is 0.278 e. The van der Waals surface area contributed by atoms with Crippen molar-refractivity contribution in [2.24, 2.45) is 0 Å². The zero-order valence-corrected chi connectivity index (χ0v) is 21.5. The molecule has 1 atom stereocenters. The highest BCUT2D eigenvalue weighted by molar-refractivity contribution is 7.10. The van der Waals surface area contributed by atoms with E-state index >= 15 is 4.39 Å². The Labute approximate surface area is 220 Å². The second-order valence-corrected chi connectivity index (χ2v) is 10.9. The second kappa shape index (κ2) is 8.95. The molecule has 4 heterocycles. The first-order chi connectivity index (χ1) is 18.3. The summed E-state index contributed by atoms with van der Waals surface area (Å²) >= 11 is 1.49. The predicted octanol–water partition coefficient (Wildman–Crippen LogP) is 3.84. The highest BCUT2D eigenvalue weighted by Crippen LogP contribution is 2.46. The average Bonchev–Trinajstić information content (AvgIpc) is 3.29. The van der Waals surface area contributed by atoms with Crippen LogP contribution < -0.4 is 15.2 Å². The van der Waals surface area contributed by atoms with Crippen LogP contribution in [0.3, 0.4) is 0 Å². The van der Waals surface area contributed by atoms with Crippen LogP contribution in [0.25, 0.3) is 0 Å². The number of pyridine rings is 1. The topological polar surface area (TPSA) is 84.2 Å². The fourth-order valence-corrected chi connectivity index (χ4v) is 6.44. The standard InChI is InChI=1S/C27H25F2N3O5S/c1-15-17(7-11-38-15)22-18-4-5-19(28)21(29)25(18)37-10-3-8-27(12-16(13-27)36-2)30-14-32(22)31-9-6-20(33)24(34)23(31)26(30)35/h3-9,11,16,22,34H,10,12-14H2,1-2H3/b8-3+. The summed E-state index contributed by atoms with van der Waals surface area (Å²) in [5.74, 6) is -3.58. The number of hydrogen-bond donors (Lipinski definition) is 1. The van der Waals surface area contributed by atoms with Gasteiger partial charge in [0.25, 0.3) is 5.91 Å². The minimum absolute atomic E-state index is 0.0350. The number of nitrogens with zero attached hydrogens (tertiary/aromatic N) is 3. The molecule has 2 bridgehead atoms. The van der Waals surface area contributed by atoms with E-state index in [9.17, 15) is 19.1 Å². The fraction of sp³-hybridized carbons (Fsp3) is 0.333. The molecule has 198 valence electrons. The molecule has 1 aliphatic carbocycles. The summed E-state index contributed by atoms with van der Waals surface area (Å²) in [6.45, 7) is 1.90. The van der Waals surface area contributed by atoms with E-state index < -0.39 is 40.3 Å². The van der Waals surface area contributed by atoms with Gasteiger partial charge >= 0.3 is 0 Å². The molecule has 3 aromatic rings. The molecule has 8 nitrogen and oxygen atoms in total. The third kappa shape index (κ3) is 3.56. The molecule has 1 unspecified atom stereocenters. The van der Waals surface area contributed by atoms with Gasteiger partial charge in [-0.1, -0.05) is 6.08 Å². The van der Waals surface area contributed by atoms with Crippen molar-refractivity contribution in [2.45, 2.75) is 37.5 Å². The molecular formula is C27H25F2N3O5S. The van der Waals surface area contributed by atoms with Gasteiger partial charge in [0.15, 0.2) is 23.0 Å². The van der Waals surface area contributed by atoms with Crippen molar-refractivity contribution in [3.05, 3.63) is 91.6 Å². The minimum atomic E-state index is -1.11. The number of benzene rings is 1. The SMILES string of the molecule is COC1CC2(/C=C/COc3c(ccc(F)c3F)C(c3ccsc3C)N3CN2C(=O)c2c(O)c(=O)ccn23)C1. The van der Waals surface area contributed by atoms with Crippen LogP contribution in [0, 0.1) is 18.6 Å². The largest absolute Gasteiger partial charge is 0.502 e. The second-order valence-electron chi connectivity index (χ2n) is 9.73. The molecule has 3 aliphatic rings. The van der Waals surface area contributed by atoms with Gasteiger partial charge in [0.05, 0.1) is 11.6 Å². The van der Waals surface area contributed by atoms with E-state index in [1.807, 2.05) is 24.4 Å². The van der Waals surface area contributed by atoms with Crippen molar-refractivity contribution in [3.8, 4) is 11.5 Å². The lowest BCUT2D eigenvalue weighted by Crippen LogP contribution is -2.67. The van der Waals surface area contributed by atoms with Crippen LogP contribution in [0.4, 0.5) is 8.78 Å². The summed E-state index contributed by atoms with van der Waals surface area (Å²) in [5.41, 5.74) is -0.550. The maximum absolute atomic E-state index is 15.3. The number of aromatic hydroxyl groups is 1. The molecule has 1 saturated carbocycles.